The molecule has 7 rings (SSSR count). The number of hydrogen-bond acceptors (Lipinski definition) is 13. The van der Waals surface area contributed by atoms with Crippen molar-refractivity contribution in [1.29, 1.82) is 0 Å². The van der Waals surface area contributed by atoms with E-state index in [-0.39, 0.29) is 23.5 Å². The van der Waals surface area contributed by atoms with Crippen molar-refractivity contribution in [2.75, 3.05) is 18.9 Å². The summed E-state index contributed by atoms with van der Waals surface area (Å²) in [4.78, 5) is 44.2. The van der Waals surface area contributed by atoms with Gasteiger partial charge in [-0.25, -0.2) is 0 Å². The molecule has 3 aliphatic rings. The number of rotatable bonds is 4. The van der Waals surface area contributed by atoms with E-state index in [2.05, 4.69) is 15.0 Å². The number of halogens is 4. The fourth-order valence-electron chi connectivity index (χ4n) is 5.94. The van der Waals surface area contributed by atoms with Crippen LogP contribution in [-0.2, 0) is 39.8 Å². The molecule has 5 unspecified atom stereocenters. The van der Waals surface area contributed by atoms with E-state index in [1.54, 1.807) is 12.1 Å². The molecule has 0 radical (unpaired) electrons. The van der Waals surface area contributed by atoms with Crippen LogP contribution in [0.2, 0.25) is 0 Å². The number of alkyl halides is 4. The van der Waals surface area contributed by atoms with Gasteiger partial charge in [-0.05, 0) is 5.39 Å². The summed E-state index contributed by atoms with van der Waals surface area (Å²) in [5.74, 6) is -0.352. The standard InChI is InChI=1S/C26H26F3IN5O12P2/c27-26(28,29)30-45-20-18-10-42-48(37,38)46-16-8-15(14-7-3-5-12-4-1-2-6-13(12)14)43-17(16)9-41-49(39,40)47-21(20)24(44-18)35-11-32-19-22(35)33-25(31)34-23(19)36/h1-7,11,15-18,20-21,24H,8-10H2,(H,37,38)(H,39,40)(H3,31,33,34,36)/q-1/t15-,16?,17-,18-,20?,21?,24-/m1/s1. The van der Waals surface area contributed by atoms with Gasteiger partial charge < -0.3 is 0 Å². The van der Waals surface area contributed by atoms with E-state index in [0.717, 1.165) is 27.2 Å². The number of benzene rings is 2. The van der Waals surface area contributed by atoms with Gasteiger partial charge in [-0.15, -0.1) is 0 Å². The second-order valence-electron chi connectivity index (χ2n) is 11.1. The van der Waals surface area contributed by atoms with Crippen molar-refractivity contribution < 1.29 is 84.3 Å². The summed E-state index contributed by atoms with van der Waals surface area (Å²) >= 11 is -3.07. The normalized spacial score (nSPS) is 34.4. The van der Waals surface area contributed by atoms with Gasteiger partial charge in [0, 0.05) is 0 Å². The predicted molar refractivity (Wildman–Crippen MR) is 155 cm³/mol. The van der Waals surface area contributed by atoms with Gasteiger partial charge in [0.25, 0.3) is 0 Å². The summed E-state index contributed by atoms with van der Waals surface area (Å²) < 4.78 is 102. The first-order chi connectivity index (χ1) is 23.2. The number of nitrogens with one attached hydrogen (secondary N) is 1. The molecular weight excluding hydrogens is 820 g/mol. The molecule has 49 heavy (non-hydrogen) atoms. The van der Waals surface area contributed by atoms with Crippen molar-refractivity contribution in [2.24, 2.45) is 0 Å². The van der Waals surface area contributed by atoms with Crippen LogP contribution in [0.4, 0.5) is 19.1 Å². The van der Waals surface area contributed by atoms with Crippen LogP contribution >= 0.6 is 15.6 Å². The van der Waals surface area contributed by atoms with Crippen LogP contribution < -0.4 is 32.9 Å². The number of fused-ring (bicyclic) bond motifs is 5. The molecule has 0 amide bonds. The molecule has 0 spiro atoms. The van der Waals surface area contributed by atoms with Crippen LogP contribution in [0.15, 0.2) is 53.6 Å². The molecule has 23 heteroatoms. The van der Waals surface area contributed by atoms with Crippen molar-refractivity contribution in [3.63, 3.8) is 0 Å². The molecule has 17 nitrogen and oxygen atoms in total. The Labute approximate surface area is 283 Å². The summed E-state index contributed by atoms with van der Waals surface area (Å²) in [6.45, 7) is -1.62. The van der Waals surface area contributed by atoms with Gasteiger partial charge >= 0.3 is 243 Å². The molecule has 3 saturated heterocycles. The van der Waals surface area contributed by atoms with E-state index in [1.165, 1.54) is 0 Å². The number of nitrogens with zero attached hydrogens (tertiary/aromatic N) is 3. The zero-order valence-corrected chi connectivity index (χ0v) is 28.5. The first-order valence-corrected chi connectivity index (χ1v) is 19.3. The number of imidazole rings is 1. The van der Waals surface area contributed by atoms with E-state index < -0.39 is 103 Å². The van der Waals surface area contributed by atoms with Crippen LogP contribution in [0, 0.1) is 0 Å². The van der Waals surface area contributed by atoms with Crippen molar-refractivity contribution in [2.45, 2.75) is 53.5 Å². The SMILES string of the molecule is Nc1nc2c(ncn2[C@@H]2O[C@@H]3COP(=O)(O)OC4C[C@H](c5cccc6ccccc56)O[C@@H]4COP(=O)(O)OC2C3O[I-]C(F)(F)F)c(=O)[nH]1. The molecule has 3 aliphatic heterocycles. The van der Waals surface area contributed by atoms with Gasteiger partial charge in [0.2, 0.25) is 0 Å². The van der Waals surface area contributed by atoms with Crippen molar-refractivity contribution in [3.05, 3.63) is 64.7 Å². The number of aromatic amines is 1. The van der Waals surface area contributed by atoms with Crippen LogP contribution in [0.25, 0.3) is 21.9 Å². The molecule has 0 aliphatic carbocycles. The number of nitrogens with two attached hydrogens (primary N) is 1. The van der Waals surface area contributed by atoms with Crippen LogP contribution in [0.5, 0.6) is 0 Å². The molecule has 3 fully saturated rings. The molecular formula is C26H26F3IN5O12P2-. The van der Waals surface area contributed by atoms with Gasteiger partial charge in [0.15, 0.2) is 0 Å². The number of anilines is 1. The first-order valence-electron chi connectivity index (χ1n) is 14.4. The summed E-state index contributed by atoms with van der Waals surface area (Å²) in [7, 11) is -10.2. The Kier molecular flexibility index (Phi) is 9.42. The third-order valence-corrected chi connectivity index (χ3v) is 11.3. The molecule has 5 heterocycles. The summed E-state index contributed by atoms with van der Waals surface area (Å²) in [6, 6.07) is 12.9. The van der Waals surface area contributed by atoms with Crippen molar-refractivity contribution >= 4 is 43.5 Å². The Hall–Kier alpha value is -2.53. The third-order valence-electron chi connectivity index (χ3n) is 7.94. The Morgan fingerprint density at radius 3 is 2.49 bits per heavy atom. The minimum absolute atomic E-state index is 0.00186. The fourth-order valence-corrected chi connectivity index (χ4v) is 9.03. The fraction of sp³-hybridized carbons (Fsp3) is 0.423. The average molecular weight is 846 g/mol. The maximum absolute atomic E-state index is 13.5. The summed E-state index contributed by atoms with van der Waals surface area (Å²) in [6.07, 6.45) is -9.09. The Morgan fingerprint density at radius 1 is 1.00 bits per heavy atom. The second kappa shape index (κ2) is 13.2. The third kappa shape index (κ3) is 7.44. The van der Waals surface area contributed by atoms with Gasteiger partial charge in [-0.2, -0.15) is 0 Å². The number of hydrogen-bond donors (Lipinski definition) is 4. The zero-order chi connectivity index (χ0) is 34.7. The van der Waals surface area contributed by atoms with Crippen molar-refractivity contribution in [1.82, 2.24) is 19.5 Å². The Balaban J connectivity index is 1.23. The summed E-state index contributed by atoms with van der Waals surface area (Å²) in [5, 5.41) is 1.73. The number of H-pyrrole nitrogens is 1. The van der Waals surface area contributed by atoms with Crippen LogP contribution in [0.3, 0.4) is 0 Å². The monoisotopic (exact) mass is 846 g/mol. The predicted octanol–water partition coefficient (Wildman–Crippen LogP) is 0.210. The topological polar surface area (TPSA) is 229 Å². The summed E-state index contributed by atoms with van der Waals surface area (Å²) in [5.41, 5.74) is 5.15. The molecule has 9 atom stereocenters. The van der Waals surface area contributed by atoms with E-state index in [9.17, 15) is 36.9 Å². The minimum atomic E-state index is -5.21. The van der Waals surface area contributed by atoms with E-state index in [0.29, 0.717) is 0 Å². The van der Waals surface area contributed by atoms with Gasteiger partial charge in [-0.1, -0.05) is 36.4 Å². The Bertz CT molecular complexity index is 2030. The zero-order valence-electron chi connectivity index (χ0n) is 24.6. The number of ether oxygens (including phenoxy) is 2. The number of nitrogen functional groups attached to an aromatic ring is 1. The quantitative estimate of drug-likeness (QED) is 0.122. The molecule has 266 valence electrons. The average Bonchev–Trinajstić information content (AvgIpc) is 3.72. The maximum atomic E-state index is 13.5. The van der Waals surface area contributed by atoms with Gasteiger partial charge in [-0.3, -0.25) is 0 Å². The second-order valence-corrected chi connectivity index (χ2v) is 16.1. The molecule has 2 aromatic heterocycles. The molecule has 4 aromatic rings. The van der Waals surface area contributed by atoms with Crippen LogP contribution in [-0.4, -0.2) is 77.2 Å². The van der Waals surface area contributed by atoms with Gasteiger partial charge in [0.1, 0.15) is 0 Å². The van der Waals surface area contributed by atoms with Crippen LogP contribution in [0.1, 0.15) is 24.3 Å². The molecule has 2 aromatic carbocycles. The van der Waals surface area contributed by atoms with Gasteiger partial charge in [0.05, 0.1) is 0 Å². The number of aromatic nitrogens is 4. The van der Waals surface area contributed by atoms with Crippen molar-refractivity contribution in [3.8, 4) is 0 Å². The van der Waals surface area contributed by atoms with E-state index in [4.69, 9.17) is 36.4 Å². The molecule has 2 bridgehead atoms. The Morgan fingerprint density at radius 2 is 1.71 bits per heavy atom. The van der Waals surface area contributed by atoms with E-state index in [1.807, 2.05) is 30.3 Å². The number of phosphoric ester groups is 2. The first kappa shape index (κ1) is 34.9. The van der Waals surface area contributed by atoms with E-state index >= 15 is 0 Å². The molecule has 5 N–H and O–H groups in total. The molecule has 0 saturated carbocycles. The number of phosphoric acid groups is 2.